The minimum atomic E-state index is -0.353. The number of amides is 2. The monoisotopic (exact) mass is 394 g/mol. The summed E-state index contributed by atoms with van der Waals surface area (Å²) in [6.45, 7) is 3.39. The predicted octanol–water partition coefficient (Wildman–Crippen LogP) is 3.91. The molecule has 2 amide bonds. The fourth-order valence-electron chi connectivity index (χ4n) is 3.14. The number of carbonyl (C=O) groups excluding carboxylic acids is 2. The molecule has 2 N–H and O–H groups in total. The van der Waals surface area contributed by atoms with Gasteiger partial charge in [0, 0.05) is 24.0 Å². The second-order valence-corrected chi connectivity index (χ2v) is 7.87. The van der Waals surface area contributed by atoms with Crippen molar-refractivity contribution in [2.24, 2.45) is 0 Å². The van der Waals surface area contributed by atoms with E-state index in [2.05, 4.69) is 21.7 Å². The molecule has 3 rings (SSSR count). The van der Waals surface area contributed by atoms with E-state index < -0.39 is 0 Å². The lowest BCUT2D eigenvalue weighted by Crippen LogP contribution is -2.24. The number of thioether (sulfide) groups is 1. The Morgan fingerprint density at radius 1 is 1.21 bits per heavy atom. The summed E-state index contributed by atoms with van der Waals surface area (Å²) in [5, 5.41) is 15.3. The van der Waals surface area contributed by atoms with Crippen LogP contribution >= 0.6 is 11.8 Å². The molecule has 0 saturated carbocycles. The summed E-state index contributed by atoms with van der Waals surface area (Å²) in [7, 11) is 0. The molecule has 0 aliphatic heterocycles. The molecule has 1 unspecified atom stereocenters. The molecule has 1 heterocycles. The number of anilines is 2. The highest BCUT2D eigenvalue weighted by molar-refractivity contribution is 8.00. The first-order valence-corrected chi connectivity index (χ1v) is 10.2. The second-order valence-electron chi connectivity index (χ2n) is 6.67. The van der Waals surface area contributed by atoms with Crippen molar-refractivity contribution in [2.75, 3.05) is 10.6 Å². The Morgan fingerprint density at radius 3 is 2.50 bits per heavy atom. The Bertz CT molecular complexity index is 935. The van der Waals surface area contributed by atoms with Gasteiger partial charge in [0.1, 0.15) is 11.1 Å². The standard InChI is InChI=1S/C21H22N4O2S/c1-3-19(20(27)24-17-9-7-16(8-10-17)23-13(2)26)28-21-15(12-22)11-14-5-4-6-18(14)25-21/h7-11,19H,3-6H2,1-2H3,(H,23,26)(H,24,27). The molecular weight excluding hydrogens is 372 g/mol. The van der Waals surface area contributed by atoms with Crippen LogP contribution in [0.5, 0.6) is 0 Å². The van der Waals surface area contributed by atoms with Crippen molar-refractivity contribution >= 4 is 35.0 Å². The third-order valence-corrected chi connectivity index (χ3v) is 5.89. The van der Waals surface area contributed by atoms with Crippen LogP contribution in [-0.4, -0.2) is 22.0 Å². The van der Waals surface area contributed by atoms with Crippen molar-refractivity contribution in [2.45, 2.75) is 49.8 Å². The first kappa shape index (κ1) is 19.9. The van der Waals surface area contributed by atoms with Crippen LogP contribution in [0, 0.1) is 11.3 Å². The lowest BCUT2D eigenvalue weighted by Gasteiger charge is -2.16. The minimum absolute atomic E-state index is 0.133. The highest BCUT2D eigenvalue weighted by atomic mass is 32.2. The Labute approximate surface area is 168 Å². The number of carbonyl (C=O) groups is 2. The van der Waals surface area contributed by atoms with Crippen molar-refractivity contribution in [1.82, 2.24) is 4.98 Å². The predicted molar refractivity (Wildman–Crippen MR) is 110 cm³/mol. The van der Waals surface area contributed by atoms with Gasteiger partial charge in [0.15, 0.2) is 0 Å². The molecule has 2 aromatic rings. The van der Waals surface area contributed by atoms with Gasteiger partial charge in [-0.05, 0) is 61.6 Å². The summed E-state index contributed by atoms with van der Waals surface area (Å²) >= 11 is 1.34. The Balaban J connectivity index is 1.71. The molecule has 1 aliphatic rings. The van der Waals surface area contributed by atoms with Gasteiger partial charge in [-0.2, -0.15) is 5.26 Å². The van der Waals surface area contributed by atoms with E-state index in [4.69, 9.17) is 0 Å². The maximum absolute atomic E-state index is 12.7. The third kappa shape index (κ3) is 4.70. The van der Waals surface area contributed by atoms with E-state index in [0.29, 0.717) is 28.4 Å². The molecule has 6 nitrogen and oxygen atoms in total. The van der Waals surface area contributed by atoms with Crippen LogP contribution in [0.1, 0.15) is 43.5 Å². The van der Waals surface area contributed by atoms with Gasteiger partial charge in [-0.15, -0.1) is 0 Å². The van der Waals surface area contributed by atoms with Gasteiger partial charge >= 0.3 is 0 Å². The molecule has 7 heteroatoms. The summed E-state index contributed by atoms with van der Waals surface area (Å²) in [5.41, 5.74) is 4.06. The molecule has 28 heavy (non-hydrogen) atoms. The van der Waals surface area contributed by atoms with Crippen LogP contribution in [0.25, 0.3) is 0 Å². The summed E-state index contributed by atoms with van der Waals surface area (Å²) in [6, 6.07) is 11.1. The number of hydrogen-bond acceptors (Lipinski definition) is 5. The summed E-state index contributed by atoms with van der Waals surface area (Å²) in [5.74, 6) is -0.277. The summed E-state index contributed by atoms with van der Waals surface area (Å²) in [6.07, 6.45) is 3.57. The van der Waals surface area contributed by atoms with Gasteiger partial charge in [-0.3, -0.25) is 9.59 Å². The first-order chi connectivity index (χ1) is 13.5. The number of aromatic nitrogens is 1. The van der Waals surface area contributed by atoms with Crippen LogP contribution in [0.3, 0.4) is 0 Å². The number of nitrogens with one attached hydrogen (secondary N) is 2. The number of aryl methyl sites for hydroxylation is 2. The third-order valence-electron chi connectivity index (χ3n) is 4.53. The van der Waals surface area contributed by atoms with E-state index >= 15 is 0 Å². The number of benzene rings is 1. The lowest BCUT2D eigenvalue weighted by atomic mass is 10.2. The Hall–Kier alpha value is -2.85. The number of fused-ring (bicyclic) bond motifs is 1. The van der Waals surface area contributed by atoms with Gasteiger partial charge in [0.05, 0.1) is 10.8 Å². The average molecular weight is 395 g/mol. The largest absolute Gasteiger partial charge is 0.326 e. The summed E-state index contributed by atoms with van der Waals surface area (Å²) < 4.78 is 0. The van der Waals surface area contributed by atoms with E-state index in [1.807, 2.05) is 13.0 Å². The number of rotatable bonds is 6. The van der Waals surface area contributed by atoms with Crippen LogP contribution in [0.4, 0.5) is 11.4 Å². The van der Waals surface area contributed by atoms with Gasteiger partial charge in [0.2, 0.25) is 11.8 Å². The zero-order valence-electron chi connectivity index (χ0n) is 15.9. The van der Waals surface area contributed by atoms with E-state index in [1.54, 1.807) is 24.3 Å². The van der Waals surface area contributed by atoms with Crippen molar-refractivity contribution in [3.63, 3.8) is 0 Å². The highest BCUT2D eigenvalue weighted by Crippen LogP contribution is 2.31. The van der Waals surface area contributed by atoms with Crippen molar-refractivity contribution in [1.29, 1.82) is 5.26 Å². The number of nitriles is 1. The number of nitrogens with zero attached hydrogens (tertiary/aromatic N) is 2. The first-order valence-electron chi connectivity index (χ1n) is 9.28. The molecule has 0 saturated heterocycles. The van der Waals surface area contributed by atoms with Crippen molar-refractivity contribution in [3.05, 3.63) is 47.2 Å². The highest BCUT2D eigenvalue weighted by Gasteiger charge is 2.23. The second kappa shape index (κ2) is 8.89. The van der Waals surface area contributed by atoms with E-state index in [-0.39, 0.29) is 17.1 Å². The maximum atomic E-state index is 12.7. The Kier molecular flexibility index (Phi) is 6.32. The van der Waals surface area contributed by atoms with E-state index in [0.717, 1.165) is 30.5 Å². The SMILES string of the molecule is CCC(Sc1nc2c(cc1C#N)CCC2)C(=O)Nc1ccc(NC(C)=O)cc1. The zero-order chi connectivity index (χ0) is 20.1. The lowest BCUT2D eigenvalue weighted by molar-refractivity contribution is -0.116. The average Bonchev–Trinajstić information content (AvgIpc) is 3.13. The summed E-state index contributed by atoms with van der Waals surface area (Å²) in [4.78, 5) is 28.5. The molecule has 0 fully saturated rings. The van der Waals surface area contributed by atoms with Crippen molar-refractivity contribution < 1.29 is 9.59 Å². The normalized spacial score (nSPS) is 13.3. The molecule has 1 aromatic carbocycles. The van der Waals surface area contributed by atoms with Gasteiger partial charge < -0.3 is 10.6 Å². The smallest absolute Gasteiger partial charge is 0.237 e. The molecule has 0 spiro atoms. The van der Waals surface area contributed by atoms with E-state index in [1.165, 1.54) is 18.7 Å². The van der Waals surface area contributed by atoms with Crippen LogP contribution in [-0.2, 0) is 22.4 Å². The molecule has 0 bridgehead atoms. The van der Waals surface area contributed by atoms with Gasteiger partial charge in [-0.25, -0.2) is 4.98 Å². The van der Waals surface area contributed by atoms with Crippen LogP contribution < -0.4 is 10.6 Å². The van der Waals surface area contributed by atoms with Gasteiger partial charge in [0.25, 0.3) is 0 Å². The fourth-order valence-corrected chi connectivity index (χ4v) is 4.14. The minimum Gasteiger partial charge on any atom is -0.326 e. The molecule has 0 radical (unpaired) electrons. The molecule has 1 atom stereocenters. The van der Waals surface area contributed by atoms with Crippen LogP contribution in [0.2, 0.25) is 0 Å². The zero-order valence-corrected chi connectivity index (χ0v) is 16.7. The van der Waals surface area contributed by atoms with Crippen molar-refractivity contribution in [3.8, 4) is 6.07 Å². The van der Waals surface area contributed by atoms with Gasteiger partial charge in [-0.1, -0.05) is 18.7 Å². The van der Waals surface area contributed by atoms with E-state index in [9.17, 15) is 14.9 Å². The fraction of sp³-hybridized carbons (Fsp3) is 0.333. The van der Waals surface area contributed by atoms with Crippen LogP contribution in [0.15, 0.2) is 35.4 Å². The number of hydrogen-bond donors (Lipinski definition) is 2. The molecule has 1 aliphatic carbocycles. The molecule has 144 valence electrons. The quantitative estimate of drug-likeness (QED) is 0.725. The number of pyridine rings is 1. The molecular formula is C21H22N4O2S. The maximum Gasteiger partial charge on any atom is 0.237 e. The Morgan fingerprint density at radius 2 is 1.89 bits per heavy atom. The topological polar surface area (TPSA) is 94.9 Å². The molecule has 1 aromatic heterocycles.